The van der Waals surface area contributed by atoms with Crippen LogP contribution < -0.4 is 16.8 Å². The second-order valence-corrected chi connectivity index (χ2v) is 3.17. The molecule has 0 heterocycles. The first-order valence-electron chi connectivity index (χ1n) is 3.77. The maximum absolute atomic E-state index is 9.62. The summed E-state index contributed by atoms with van der Waals surface area (Å²) in [5.41, 5.74) is 8.73. The van der Waals surface area contributed by atoms with Gasteiger partial charge in [0.25, 0.3) is 0 Å². The van der Waals surface area contributed by atoms with Gasteiger partial charge in [-0.25, -0.2) is 0 Å². The highest BCUT2D eigenvalue weighted by atomic mass is 16.3. The van der Waals surface area contributed by atoms with E-state index < -0.39 is 5.60 Å². The van der Waals surface area contributed by atoms with Gasteiger partial charge in [-0.1, -0.05) is 0 Å². The van der Waals surface area contributed by atoms with Crippen molar-refractivity contribution in [1.29, 1.82) is 0 Å². The molecule has 7 N–H and O–H groups in total. The average molecular weight is 172 g/mol. The minimum absolute atomic E-state index is 0.429. The van der Waals surface area contributed by atoms with Crippen LogP contribution in [0.15, 0.2) is 23.7 Å². The van der Waals surface area contributed by atoms with Crippen molar-refractivity contribution in [2.45, 2.75) is 19.4 Å². The number of quaternary nitrogens is 1. The van der Waals surface area contributed by atoms with Gasteiger partial charge in [-0.3, -0.25) is 0 Å². The van der Waals surface area contributed by atoms with Crippen LogP contribution in [0.3, 0.4) is 0 Å². The topological polar surface area (TPSA) is 85.9 Å². The summed E-state index contributed by atoms with van der Waals surface area (Å²) in [4.78, 5) is 0. The first kappa shape index (κ1) is 11.0. The number of rotatable bonds is 3. The Balaban J connectivity index is 4.70. The third kappa shape index (κ3) is 4.00. The lowest BCUT2D eigenvalue weighted by Gasteiger charge is -2.18. The fourth-order valence-electron chi connectivity index (χ4n) is 0.750. The van der Waals surface area contributed by atoms with Gasteiger partial charge >= 0.3 is 0 Å². The van der Waals surface area contributed by atoms with Crippen molar-refractivity contribution in [1.82, 2.24) is 5.32 Å². The van der Waals surface area contributed by atoms with Gasteiger partial charge in [-0.2, -0.15) is 0 Å². The van der Waals surface area contributed by atoms with Gasteiger partial charge in [0.05, 0.1) is 5.60 Å². The predicted molar refractivity (Wildman–Crippen MR) is 48.6 cm³/mol. The second kappa shape index (κ2) is 4.13. The first-order valence-corrected chi connectivity index (χ1v) is 3.77. The molecule has 0 radical (unpaired) electrons. The zero-order valence-electron chi connectivity index (χ0n) is 7.89. The summed E-state index contributed by atoms with van der Waals surface area (Å²) < 4.78 is 0. The summed E-state index contributed by atoms with van der Waals surface area (Å²) in [7, 11) is 1.76. The number of aliphatic hydroxyl groups is 1. The first-order chi connectivity index (χ1) is 5.38. The lowest BCUT2D eigenvalue weighted by atomic mass is 9.99. The molecule has 0 atom stereocenters. The molecule has 4 nitrogen and oxygen atoms in total. The Labute approximate surface area is 72.9 Å². The molecule has 0 aromatic carbocycles. The van der Waals surface area contributed by atoms with Gasteiger partial charge in [-0.15, -0.1) is 0 Å². The average Bonchev–Trinajstić information content (AvgIpc) is 1.83. The summed E-state index contributed by atoms with van der Waals surface area (Å²) in [6.07, 6.45) is 3.33. The van der Waals surface area contributed by atoms with E-state index in [0.717, 1.165) is 0 Å². The van der Waals surface area contributed by atoms with E-state index in [1.54, 1.807) is 33.2 Å². The Morgan fingerprint density at radius 1 is 1.58 bits per heavy atom. The molecule has 0 aliphatic rings. The molecule has 70 valence electrons. The van der Waals surface area contributed by atoms with Crippen LogP contribution in [-0.2, 0) is 0 Å². The summed E-state index contributed by atoms with van der Waals surface area (Å²) in [6, 6.07) is 0. The van der Waals surface area contributed by atoms with E-state index >= 15 is 0 Å². The Bertz CT molecular complexity index is 197. The van der Waals surface area contributed by atoms with Crippen molar-refractivity contribution < 1.29 is 10.8 Å². The molecule has 0 aliphatic heterocycles. The van der Waals surface area contributed by atoms with E-state index in [4.69, 9.17) is 5.73 Å². The molecule has 0 aliphatic carbocycles. The van der Waals surface area contributed by atoms with E-state index in [2.05, 4.69) is 11.1 Å². The lowest BCUT2D eigenvalue weighted by Crippen LogP contribution is -2.52. The molecule has 0 amide bonds. The molecule has 0 spiro atoms. The van der Waals surface area contributed by atoms with Crippen LogP contribution in [-0.4, -0.2) is 17.8 Å². The second-order valence-electron chi connectivity index (χ2n) is 3.17. The van der Waals surface area contributed by atoms with E-state index in [1.165, 1.54) is 0 Å². The third-order valence-electron chi connectivity index (χ3n) is 1.35. The zero-order chi connectivity index (χ0) is 9.78. The number of nitrogens with two attached hydrogens (primary N) is 1. The van der Waals surface area contributed by atoms with Crippen molar-refractivity contribution in [2.75, 3.05) is 7.05 Å². The summed E-state index contributed by atoms with van der Waals surface area (Å²) in [6.45, 7) is 3.38. The molecule has 12 heavy (non-hydrogen) atoms. The molecule has 0 fully saturated rings. The van der Waals surface area contributed by atoms with Gasteiger partial charge in [0.15, 0.2) is 5.82 Å². The van der Waals surface area contributed by atoms with Crippen LogP contribution in [0.25, 0.3) is 0 Å². The van der Waals surface area contributed by atoms with Crippen LogP contribution >= 0.6 is 0 Å². The monoisotopic (exact) mass is 172 g/mol. The lowest BCUT2D eigenvalue weighted by molar-refractivity contribution is -0.304. The molecule has 0 bridgehead atoms. The molecule has 0 rings (SSSR count). The molecular weight excluding hydrogens is 154 g/mol. The van der Waals surface area contributed by atoms with Gasteiger partial charge in [0.2, 0.25) is 0 Å². The third-order valence-corrected chi connectivity index (χ3v) is 1.35. The highest BCUT2D eigenvalue weighted by molar-refractivity contribution is 5.26. The Kier molecular flexibility index (Phi) is 3.79. The van der Waals surface area contributed by atoms with Crippen molar-refractivity contribution in [3.8, 4) is 0 Å². The van der Waals surface area contributed by atoms with Crippen molar-refractivity contribution in [3.05, 3.63) is 23.7 Å². The number of hydrogen-bond donors (Lipinski definition) is 4. The molecule has 0 unspecified atom stereocenters. The molecule has 0 saturated heterocycles. The fourth-order valence-corrected chi connectivity index (χ4v) is 0.750. The fraction of sp³-hybridized carbons (Fsp3) is 0.500. The minimum atomic E-state index is -0.898. The molecular formula is C8H18N3O+. The van der Waals surface area contributed by atoms with Crippen molar-refractivity contribution in [3.63, 3.8) is 0 Å². The predicted octanol–water partition coefficient (Wildman–Crippen LogP) is -1.10. The van der Waals surface area contributed by atoms with Crippen LogP contribution in [0.5, 0.6) is 0 Å². The Morgan fingerprint density at radius 2 is 2.08 bits per heavy atom. The Morgan fingerprint density at radius 3 is 2.33 bits per heavy atom. The van der Waals surface area contributed by atoms with Crippen molar-refractivity contribution in [2.24, 2.45) is 5.73 Å². The summed E-state index contributed by atoms with van der Waals surface area (Å²) >= 11 is 0. The van der Waals surface area contributed by atoms with Crippen LogP contribution in [0.1, 0.15) is 13.8 Å². The summed E-state index contributed by atoms with van der Waals surface area (Å²) in [5.74, 6) is 0.429. The smallest absolute Gasteiger partial charge is 0.194 e. The zero-order valence-corrected chi connectivity index (χ0v) is 7.89. The molecule has 0 aromatic rings. The quantitative estimate of drug-likeness (QED) is 0.408. The van der Waals surface area contributed by atoms with Crippen LogP contribution in [0.2, 0.25) is 0 Å². The molecule has 0 aromatic heterocycles. The van der Waals surface area contributed by atoms with Gasteiger partial charge < -0.3 is 21.9 Å². The Hall–Kier alpha value is -1.00. The van der Waals surface area contributed by atoms with Crippen LogP contribution in [0, 0.1) is 0 Å². The highest BCUT2D eigenvalue weighted by Crippen LogP contribution is 2.15. The summed E-state index contributed by atoms with van der Waals surface area (Å²) in [5, 5.41) is 12.5. The van der Waals surface area contributed by atoms with E-state index in [9.17, 15) is 5.11 Å². The SMILES string of the molecule is CNC=C(C=C(N)[NH3+])C(C)(C)O. The van der Waals surface area contributed by atoms with Gasteiger partial charge in [0.1, 0.15) is 0 Å². The van der Waals surface area contributed by atoms with Crippen LogP contribution in [0.4, 0.5) is 0 Å². The van der Waals surface area contributed by atoms with E-state index in [1.807, 2.05) is 0 Å². The maximum Gasteiger partial charge on any atom is 0.194 e. The van der Waals surface area contributed by atoms with Gasteiger partial charge in [-0.05, 0) is 13.8 Å². The number of nitrogens with one attached hydrogen (secondary N) is 1. The standard InChI is InChI=1S/C8H17N3O/c1-8(2,12)6(5-11-3)4-7(9)10/h4-5,11-12H,9-10H2,1-3H3/p+1. The van der Waals surface area contributed by atoms with E-state index in [-0.39, 0.29) is 0 Å². The van der Waals surface area contributed by atoms with Gasteiger partial charge in [0, 0.05) is 24.9 Å². The minimum Gasteiger partial charge on any atom is -0.394 e. The largest absolute Gasteiger partial charge is 0.394 e. The maximum atomic E-state index is 9.62. The highest BCUT2D eigenvalue weighted by Gasteiger charge is 2.17. The number of hydrogen-bond acceptors (Lipinski definition) is 3. The normalized spacial score (nSPS) is 14.8. The molecule has 4 heteroatoms. The molecule has 0 saturated carbocycles. The van der Waals surface area contributed by atoms with E-state index in [0.29, 0.717) is 11.4 Å². The van der Waals surface area contributed by atoms with Crippen molar-refractivity contribution >= 4 is 0 Å².